The number of fused-ring (bicyclic) bond motifs is 1. The molecule has 2 aromatic rings. The van der Waals surface area contributed by atoms with Crippen LogP contribution in [0.3, 0.4) is 0 Å². The summed E-state index contributed by atoms with van der Waals surface area (Å²) in [6.07, 6.45) is 1.78. The Balaban J connectivity index is 1.85. The molecule has 0 bridgehead atoms. The standard InChI is InChI=1S/C13H15N3O3S/c17-13(11-7-3-4-8-20(11,18)19)14-12-9-5-1-2-6-10(9)15-16-12/h1-2,5-6,11H,3-4,7-8H2,(H2,14,15,16,17). The van der Waals surface area contributed by atoms with E-state index in [4.69, 9.17) is 0 Å². The van der Waals surface area contributed by atoms with Crippen LogP contribution in [0.4, 0.5) is 5.82 Å². The third-order valence-electron chi connectivity index (χ3n) is 3.58. The number of hydrogen-bond donors (Lipinski definition) is 2. The van der Waals surface area contributed by atoms with Gasteiger partial charge in [0.2, 0.25) is 5.91 Å². The fourth-order valence-corrected chi connectivity index (χ4v) is 4.31. The molecule has 0 spiro atoms. The minimum atomic E-state index is -3.33. The maximum absolute atomic E-state index is 12.2. The van der Waals surface area contributed by atoms with Gasteiger partial charge in [-0.25, -0.2) is 8.42 Å². The molecule has 20 heavy (non-hydrogen) atoms. The number of rotatable bonds is 2. The molecule has 1 aliphatic heterocycles. The fraction of sp³-hybridized carbons (Fsp3) is 0.385. The summed E-state index contributed by atoms with van der Waals surface area (Å²) in [6.45, 7) is 0. The van der Waals surface area contributed by atoms with Gasteiger partial charge in [-0.15, -0.1) is 0 Å². The Bertz CT molecular complexity index is 751. The van der Waals surface area contributed by atoms with Gasteiger partial charge in [0, 0.05) is 5.39 Å². The van der Waals surface area contributed by atoms with Crippen LogP contribution in [-0.2, 0) is 14.6 Å². The summed E-state index contributed by atoms with van der Waals surface area (Å²) in [6, 6.07) is 7.36. The van der Waals surface area contributed by atoms with Crippen molar-refractivity contribution >= 4 is 32.5 Å². The zero-order valence-electron chi connectivity index (χ0n) is 10.8. The summed E-state index contributed by atoms with van der Waals surface area (Å²) in [5.74, 6) is -0.0137. The van der Waals surface area contributed by atoms with Crippen molar-refractivity contribution in [3.63, 3.8) is 0 Å². The fourth-order valence-electron chi connectivity index (χ4n) is 2.50. The lowest BCUT2D eigenvalue weighted by molar-refractivity contribution is -0.116. The molecule has 1 amide bonds. The number of sulfone groups is 1. The molecule has 0 radical (unpaired) electrons. The van der Waals surface area contributed by atoms with Gasteiger partial charge < -0.3 is 5.32 Å². The molecule has 0 saturated carbocycles. The van der Waals surface area contributed by atoms with Crippen molar-refractivity contribution in [3.8, 4) is 0 Å². The number of amides is 1. The molecule has 1 atom stereocenters. The first-order chi connectivity index (χ1) is 9.58. The molecule has 1 unspecified atom stereocenters. The molecule has 0 aliphatic carbocycles. The molecule has 6 nitrogen and oxygen atoms in total. The van der Waals surface area contributed by atoms with Gasteiger partial charge in [-0.1, -0.05) is 18.6 Å². The molecule has 1 aliphatic rings. The number of carbonyl (C=O) groups is 1. The van der Waals surface area contributed by atoms with Crippen LogP contribution in [-0.4, -0.2) is 35.5 Å². The summed E-state index contributed by atoms with van der Waals surface area (Å²) in [4.78, 5) is 12.2. The number of hydrogen-bond acceptors (Lipinski definition) is 4. The highest BCUT2D eigenvalue weighted by atomic mass is 32.2. The second-order valence-corrected chi connectivity index (χ2v) is 7.26. The first kappa shape index (κ1) is 13.1. The quantitative estimate of drug-likeness (QED) is 0.877. The highest BCUT2D eigenvalue weighted by Gasteiger charge is 2.35. The minimum Gasteiger partial charge on any atom is -0.308 e. The predicted octanol–water partition coefficient (Wildman–Crippen LogP) is 1.47. The van der Waals surface area contributed by atoms with Gasteiger partial charge >= 0.3 is 0 Å². The van der Waals surface area contributed by atoms with Crippen molar-refractivity contribution in [2.24, 2.45) is 0 Å². The number of nitrogens with one attached hydrogen (secondary N) is 2. The number of nitrogens with zero attached hydrogens (tertiary/aromatic N) is 1. The number of H-pyrrole nitrogens is 1. The van der Waals surface area contributed by atoms with E-state index >= 15 is 0 Å². The molecule has 1 aromatic heterocycles. The lowest BCUT2D eigenvalue weighted by atomic mass is 10.2. The van der Waals surface area contributed by atoms with E-state index in [-0.39, 0.29) is 5.75 Å². The van der Waals surface area contributed by atoms with Crippen LogP contribution in [0.15, 0.2) is 24.3 Å². The topological polar surface area (TPSA) is 91.9 Å². The van der Waals surface area contributed by atoms with Gasteiger partial charge in [-0.2, -0.15) is 5.10 Å². The largest absolute Gasteiger partial charge is 0.308 e. The Morgan fingerprint density at radius 3 is 2.90 bits per heavy atom. The lowest BCUT2D eigenvalue weighted by Crippen LogP contribution is -2.39. The number of aromatic nitrogens is 2. The number of benzene rings is 1. The Morgan fingerprint density at radius 2 is 2.10 bits per heavy atom. The maximum Gasteiger partial charge on any atom is 0.243 e. The molecule has 1 saturated heterocycles. The van der Waals surface area contributed by atoms with Gasteiger partial charge in [-0.05, 0) is 25.0 Å². The second kappa shape index (κ2) is 4.90. The summed E-state index contributed by atoms with van der Waals surface area (Å²) in [5.41, 5.74) is 0.800. The molecule has 1 fully saturated rings. The maximum atomic E-state index is 12.2. The Labute approximate surface area is 116 Å². The average molecular weight is 293 g/mol. The highest BCUT2D eigenvalue weighted by Crippen LogP contribution is 2.23. The molecule has 2 heterocycles. The van der Waals surface area contributed by atoms with E-state index in [1.165, 1.54) is 0 Å². The zero-order valence-corrected chi connectivity index (χ0v) is 11.6. The van der Waals surface area contributed by atoms with Gasteiger partial charge in [0.1, 0.15) is 5.25 Å². The second-order valence-electron chi connectivity index (χ2n) is 4.96. The smallest absolute Gasteiger partial charge is 0.243 e. The summed E-state index contributed by atoms with van der Waals surface area (Å²) >= 11 is 0. The first-order valence-corrected chi connectivity index (χ1v) is 8.25. The SMILES string of the molecule is O=C(Nc1n[nH]c2ccccc12)C1CCCCS1(=O)=O. The molecular weight excluding hydrogens is 278 g/mol. The van der Waals surface area contributed by atoms with Gasteiger partial charge in [0.15, 0.2) is 15.7 Å². The normalized spacial score (nSPS) is 21.7. The van der Waals surface area contributed by atoms with Crippen molar-refractivity contribution in [2.45, 2.75) is 24.5 Å². The van der Waals surface area contributed by atoms with Crippen molar-refractivity contribution in [1.29, 1.82) is 0 Å². The molecule has 3 rings (SSSR count). The number of para-hydroxylation sites is 1. The van der Waals surface area contributed by atoms with E-state index in [9.17, 15) is 13.2 Å². The Kier molecular flexibility index (Phi) is 3.21. The van der Waals surface area contributed by atoms with Gasteiger partial charge in [0.25, 0.3) is 0 Å². The van der Waals surface area contributed by atoms with Crippen LogP contribution in [0.25, 0.3) is 10.9 Å². The number of aromatic amines is 1. The van der Waals surface area contributed by atoms with Crippen molar-refractivity contribution in [3.05, 3.63) is 24.3 Å². The van der Waals surface area contributed by atoms with E-state index < -0.39 is 21.0 Å². The van der Waals surface area contributed by atoms with Crippen LogP contribution >= 0.6 is 0 Å². The molecule has 106 valence electrons. The van der Waals surface area contributed by atoms with Crippen molar-refractivity contribution in [1.82, 2.24) is 10.2 Å². The third-order valence-corrected chi connectivity index (χ3v) is 5.76. The molecule has 1 aromatic carbocycles. The predicted molar refractivity (Wildman–Crippen MR) is 76.1 cm³/mol. The van der Waals surface area contributed by atoms with Crippen LogP contribution in [0.1, 0.15) is 19.3 Å². The van der Waals surface area contributed by atoms with Crippen molar-refractivity contribution < 1.29 is 13.2 Å². The van der Waals surface area contributed by atoms with Crippen LogP contribution in [0, 0.1) is 0 Å². The van der Waals surface area contributed by atoms with Crippen LogP contribution in [0.5, 0.6) is 0 Å². The Morgan fingerprint density at radius 1 is 1.30 bits per heavy atom. The molecular formula is C13H15N3O3S. The minimum absolute atomic E-state index is 0.0897. The third kappa shape index (κ3) is 2.29. The van der Waals surface area contributed by atoms with Crippen molar-refractivity contribution in [2.75, 3.05) is 11.1 Å². The summed E-state index contributed by atoms with van der Waals surface area (Å²) in [7, 11) is -3.33. The van der Waals surface area contributed by atoms with E-state index in [0.29, 0.717) is 18.7 Å². The number of anilines is 1. The van der Waals surface area contributed by atoms with E-state index in [1.54, 1.807) is 0 Å². The number of carbonyl (C=O) groups excluding carboxylic acids is 1. The summed E-state index contributed by atoms with van der Waals surface area (Å²) < 4.78 is 23.9. The Hall–Kier alpha value is -1.89. The monoisotopic (exact) mass is 293 g/mol. The average Bonchev–Trinajstić information content (AvgIpc) is 2.81. The zero-order chi connectivity index (χ0) is 14.2. The highest BCUT2D eigenvalue weighted by molar-refractivity contribution is 7.92. The van der Waals surface area contributed by atoms with E-state index in [2.05, 4.69) is 15.5 Å². The van der Waals surface area contributed by atoms with Crippen LogP contribution < -0.4 is 5.32 Å². The molecule has 7 heteroatoms. The summed E-state index contributed by atoms with van der Waals surface area (Å²) in [5, 5.41) is 9.28. The van der Waals surface area contributed by atoms with Gasteiger partial charge in [-0.3, -0.25) is 9.89 Å². The van der Waals surface area contributed by atoms with E-state index in [0.717, 1.165) is 17.3 Å². The van der Waals surface area contributed by atoms with E-state index in [1.807, 2.05) is 24.3 Å². The first-order valence-electron chi connectivity index (χ1n) is 6.53. The van der Waals surface area contributed by atoms with Crippen LogP contribution in [0.2, 0.25) is 0 Å². The van der Waals surface area contributed by atoms with Gasteiger partial charge in [0.05, 0.1) is 11.3 Å². The lowest BCUT2D eigenvalue weighted by Gasteiger charge is -2.20. The molecule has 2 N–H and O–H groups in total.